The molecule has 6 aromatic heterocycles. The van der Waals surface area contributed by atoms with Crippen LogP contribution in [0.3, 0.4) is 0 Å². The number of carbonyl (C=O) groups excluding carboxylic acids is 6. The van der Waals surface area contributed by atoms with E-state index in [2.05, 4.69) is 221 Å². The van der Waals surface area contributed by atoms with E-state index in [4.69, 9.17) is 23.2 Å². The fourth-order valence-electron chi connectivity index (χ4n) is 16.5. The van der Waals surface area contributed by atoms with Crippen LogP contribution in [0, 0.1) is 48.5 Å². The molecule has 123 heavy (non-hydrogen) atoms. The van der Waals surface area contributed by atoms with Gasteiger partial charge < -0.3 is 61.3 Å². The van der Waals surface area contributed by atoms with Crippen molar-refractivity contribution in [3.63, 3.8) is 0 Å². The van der Waals surface area contributed by atoms with E-state index in [0.29, 0.717) is 79.9 Å². The first-order valence-electron chi connectivity index (χ1n) is 44.8. The second kappa shape index (κ2) is 45.0. The number of rotatable bonds is 18. The minimum atomic E-state index is -0.165. The Balaban J connectivity index is 0.000000203. The standard InChI is InChI=1S/C17H27N3O.2C16H24ClN3O.C16H26N4O.C15H26N4O.C14H24N4O/c1-12(2)20-8-6-17(5,7-9-20)19-16(21)15-11-13(3)10-14(4)18-15;1-11(2)20-7-5-16(4,6-8-20)19-15(21)14-9-13(17)10-18-12(14)3;1-11(2)20-7-5-16(4,6-8-20)19-15(21)13-9-12(3)18-10-14(13)17;1-11(2)20-8-6-16(5,7-9-20)19-15(21)14-17-12(3)10-13(4)18-14;1-11(2)19-8-6-15(4,7-9-19)17-14(20)13-10-16-18(5)12(13)3;1-11(2)18-7-5-14(3,6-8-18)16-13(19)12-9-15-17(4)10-12/h10-12H,6-9H2,1-5H3,(H,19,21);2*9-11H,5-8H2,1-4H3,(H,19,21);10-11H,6-9H2,1-5H3,(H,19,21);10-11H,6-9H2,1-5H3,(H,17,20);9-11H,5-8H2,1-4H3,(H,16,19). The van der Waals surface area contributed by atoms with Crippen LogP contribution in [-0.4, -0.2) is 257 Å². The summed E-state index contributed by atoms with van der Waals surface area (Å²) in [6.45, 7) is 65.0. The van der Waals surface area contributed by atoms with Crippen molar-refractivity contribution >= 4 is 58.6 Å². The average Bonchev–Trinajstić information content (AvgIpc) is 1.77. The maximum atomic E-state index is 12.5. The molecule has 0 unspecified atom stereocenters. The molecular formula is C94H151Cl2N21O6. The van der Waals surface area contributed by atoms with Crippen LogP contribution in [0.1, 0.15) is 304 Å². The number of nitrogens with one attached hydrogen (secondary N) is 6. The molecule has 6 aromatic rings. The van der Waals surface area contributed by atoms with Crippen molar-refractivity contribution < 1.29 is 28.8 Å². The molecule has 0 aromatic carbocycles. The van der Waals surface area contributed by atoms with Crippen molar-refractivity contribution in [2.45, 2.75) is 320 Å². The highest BCUT2D eigenvalue weighted by molar-refractivity contribution is 6.33. The minimum Gasteiger partial charge on any atom is -0.347 e. The zero-order valence-corrected chi connectivity index (χ0v) is 81.1. The highest BCUT2D eigenvalue weighted by atomic mass is 35.5. The summed E-state index contributed by atoms with van der Waals surface area (Å²) in [5.41, 5.74) is 8.14. The highest BCUT2D eigenvalue weighted by Crippen LogP contribution is 2.31. The van der Waals surface area contributed by atoms with E-state index in [1.54, 1.807) is 46.3 Å². The van der Waals surface area contributed by atoms with Crippen molar-refractivity contribution in [1.82, 2.24) is 106 Å². The predicted octanol–water partition coefficient (Wildman–Crippen LogP) is 14.0. The molecule has 0 atom stereocenters. The monoisotopic (exact) mass is 1740 g/mol. The molecule has 0 bridgehead atoms. The number of piperidine rings is 6. The Morgan fingerprint density at radius 1 is 0.350 bits per heavy atom. The molecule has 6 aliphatic heterocycles. The molecule has 12 rings (SSSR count). The third-order valence-electron chi connectivity index (χ3n) is 25.8. The molecule has 12 heterocycles. The SMILES string of the molecule is CC(C)N1CCC(C)(NC(=O)c2cnn(C)c2)CC1.Cc1c(C(=O)NC2(C)CCN(C(C)C)CC2)cnn1C.Cc1cc(C(=O)NC2(C)CCN(C(C)C)CC2)c(Cl)cn1.Cc1cc(C)nc(C(=O)NC2(C)CCN(C(C)C)CC2)c1.Cc1cc(C)nc(C(=O)NC2(C)CCN(C(C)C)CC2)n1.Cc1ncc(Cl)cc1C(=O)NC1(C)CCN(C(C)C)CC1. The fraction of sp³-hybridized carbons (Fsp3) is 0.670. The topological polar surface area (TPSA) is 294 Å². The summed E-state index contributed by atoms with van der Waals surface area (Å²) in [5, 5.41) is 28.1. The highest BCUT2D eigenvalue weighted by Gasteiger charge is 2.40. The molecule has 0 saturated carbocycles. The molecule has 6 saturated heterocycles. The zero-order valence-electron chi connectivity index (χ0n) is 79.6. The number of hydrogen-bond acceptors (Lipinski definition) is 19. The summed E-state index contributed by atoms with van der Waals surface area (Å²) in [7, 11) is 3.68. The van der Waals surface area contributed by atoms with Gasteiger partial charge in [-0.1, -0.05) is 23.2 Å². The number of hydrogen-bond donors (Lipinski definition) is 6. The smallest absolute Gasteiger partial charge is 0.289 e. The van der Waals surface area contributed by atoms with Gasteiger partial charge in [-0.25, -0.2) is 15.0 Å². The Labute approximate surface area is 746 Å². The van der Waals surface area contributed by atoms with Gasteiger partial charge >= 0.3 is 0 Å². The van der Waals surface area contributed by atoms with E-state index in [1.165, 1.54) is 6.20 Å². The summed E-state index contributed by atoms with van der Waals surface area (Å²) >= 11 is 12.0. The molecule has 6 amide bonds. The number of halogens is 2. The molecule has 6 N–H and O–H groups in total. The average molecular weight is 1740 g/mol. The number of amides is 6. The Morgan fingerprint density at radius 2 is 0.683 bits per heavy atom. The van der Waals surface area contributed by atoms with Crippen LogP contribution >= 0.6 is 23.2 Å². The van der Waals surface area contributed by atoms with Gasteiger partial charge in [0, 0.05) is 209 Å². The van der Waals surface area contributed by atoms with Crippen LogP contribution in [0.4, 0.5) is 0 Å². The number of carbonyl (C=O) groups is 6. The van der Waals surface area contributed by atoms with Gasteiger partial charge in [0.05, 0.1) is 50.4 Å². The maximum absolute atomic E-state index is 12.5. The predicted molar refractivity (Wildman–Crippen MR) is 495 cm³/mol. The van der Waals surface area contributed by atoms with E-state index < -0.39 is 0 Å². The fourth-order valence-corrected chi connectivity index (χ4v) is 16.8. The van der Waals surface area contributed by atoms with Crippen molar-refractivity contribution in [2.75, 3.05) is 78.5 Å². The first-order valence-corrected chi connectivity index (χ1v) is 45.6. The number of aryl methyl sites for hydroxylation is 8. The Hall–Kier alpha value is -7.89. The molecule has 0 aliphatic carbocycles. The van der Waals surface area contributed by atoms with Gasteiger partial charge in [0.25, 0.3) is 35.4 Å². The number of aromatic nitrogens is 9. The van der Waals surface area contributed by atoms with E-state index in [-0.39, 0.29) is 74.5 Å². The molecule has 0 spiro atoms. The van der Waals surface area contributed by atoms with E-state index >= 15 is 0 Å². The lowest BCUT2D eigenvalue weighted by molar-refractivity contribution is 0.0783. The van der Waals surface area contributed by atoms with Gasteiger partial charge in [0.15, 0.2) is 0 Å². The zero-order chi connectivity index (χ0) is 91.4. The van der Waals surface area contributed by atoms with Gasteiger partial charge in [-0.05, 0) is 286 Å². The largest absolute Gasteiger partial charge is 0.347 e. The van der Waals surface area contributed by atoms with E-state index in [1.807, 2.05) is 80.8 Å². The lowest BCUT2D eigenvalue weighted by Gasteiger charge is -2.41. The van der Waals surface area contributed by atoms with E-state index in [9.17, 15) is 28.8 Å². The van der Waals surface area contributed by atoms with E-state index in [0.717, 1.165) is 190 Å². The summed E-state index contributed by atoms with van der Waals surface area (Å²) in [6, 6.07) is 12.6. The second-order valence-electron chi connectivity index (χ2n) is 38.8. The van der Waals surface area contributed by atoms with Crippen LogP contribution in [0.25, 0.3) is 0 Å². The van der Waals surface area contributed by atoms with Crippen LogP contribution in [-0.2, 0) is 14.1 Å². The molecule has 682 valence electrons. The molecule has 6 fully saturated rings. The lowest BCUT2D eigenvalue weighted by Crippen LogP contribution is -2.54. The maximum Gasteiger partial charge on any atom is 0.289 e. The Bertz CT molecular complexity index is 4220. The molecule has 0 radical (unpaired) electrons. The van der Waals surface area contributed by atoms with Crippen molar-refractivity contribution in [2.24, 2.45) is 14.1 Å². The van der Waals surface area contributed by atoms with Crippen molar-refractivity contribution in [3.05, 3.63) is 145 Å². The third kappa shape index (κ3) is 31.3. The van der Waals surface area contributed by atoms with Crippen LogP contribution in [0.15, 0.2) is 61.3 Å². The number of nitrogens with zero attached hydrogens (tertiary/aromatic N) is 15. The lowest BCUT2D eigenvalue weighted by atomic mass is 9.88. The Kier molecular flexibility index (Phi) is 37.4. The summed E-state index contributed by atoms with van der Waals surface area (Å²) in [5.74, 6) is -0.150. The van der Waals surface area contributed by atoms with Gasteiger partial charge in [0.2, 0.25) is 5.82 Å². The normalized spacial score (nSPS) is 19.0. The molecule has 6 aliphatic rings. The van der Waals surface area contributed by atoms with Crippen LogP contribution in [0.5, 0.6) is 0 Å². The molecule has 29 heteroatoms. The van der Waals surface area contributed by atoms with Gasteiger partial charge in [-0.15, -0.1) is 0 Å². The number of pyridine rings is 3. The quantitative estimate of drug-likeness (QED) is 0.0466. The van der Waals surface area contributed by atoms with Crippen LogP contribution < -0.4 is 31.9 Å². The summed E-state index contributed by atoms with van der Waals surface area (Å²) in [6.07, 6.45) is 19.8. The summed E-state index contributed by atoms with van der Waals surface area (Å²) in [4.78, 5) is 110. The second-order valence-corrected chi connectivity index (χ2v) is 39.6. The van der Waals surface area contributed by atoms with Gasteiger partial charge in [-0.2, -0.15) is 10.2 Å². The van der Waals surface area contributed by atoms with Crippen molar-refractivity contribution in [3.8, 4) is 0 Å². The first-order chi connectivity index (χ1) is 57.4. The van der Waals surface area contributed by atoms with Gasteiger partial charge in [0.1, 0.15) is 5.69 Å². The minimum absolute atomic E-state index is 0.00361. The number of likely N-dealkylation sites (tertiary alicyclic amines) is 6. The first kappa shape index (κ1) is 102. The van der Waals surface area contributed by atoms with Crippen molar-refractivity contribution in [1.29, 1.82) is 0 Å². The van der Waals surface area contributed by atoms with Gasteiger partial charge in [-0.3, -0.25) is 48.1 Å². The summed E-state index contributed by atoms with van der Waals surface area (Å²) < 4.78 is 3.39. The molecule has 27 nitrogen and oxygen atoms in total. The van der Waals surface area contributed by atoms with Crippen LogP contribution in [0.2, 0.25) is 10.0 Å². The Morgan fingerprint density at radius 3 is 1.02 bits per heavy atom. The third-order valence-corrected chi connectivity index (χ3v) is 26.3. The molecular weight excluding hydrogens is 1590 g/mol.